The number of amides is 1. The molecule has 1 amide bonds. The van der Waals surface area contributed by atoms with E-state index in [0.717, 1.165) is 18.5 Å². The second-order valence-corrected chi connectivity index (χ2v) is 4.89. The molecular weight excluding hydrogens is 271 g/mol. The number of nitrogens with one attached hydrogen (secondary N) is 2. The van der Waals surface area contributed by atoms with E-state index in [9.17, 15) is 4.79 Å². The van der Waals surface area contributed by atoms with Crippen LogP contribution in [0.15, 0.2) is 18.2 Å². The molecule has 0 aliphatic rings. The molecule has 1 aromatic rings. The summed E-state index contributed by atoms with van der Waals surface area (Å²) in [5.74, 6) is 0.0790. The van der Waals surface area contributed by atoms with Gasteiger partial charge in [-0.15, -0.1) is 0 Å². The number of rotatable bonds is 7. The van der Waals surface area contributed by atoms with Gasteiger partial charge in [0.25, 0.3) is 0 Å². The molecule has 18 heavy (non-hydrogen) atoms. The average molecular weight is 289 g/mol. The SMILES string of the molecule is CNCCCC(=O)NCCc1ccc(Cl)cc1Cl. The van der Waals surface area contributed by atoms with Crippen molar-refractivity contribution < 1.29 is 4.79 Å². The summed E-state index contributed by atoms with van der Waals surface area (Å²) in [4.78, 5) is 11.5. The van der Waals surface area contributed by atoms with E-state index in [1.807, 2.05) is 13.1 Å². The first-order chi connectivity index (χ1) is 8.63. The molecule has 0 saturated carbocycles. The van der Waals surface area contributed by atoms with Gasteiger partial charge in [-0.1, -0.05) is 29.3 Å². The summed E-state index contributed by atoms with van der Waals surface area (Å²) < 4.78 is 0. The molecule has 0 heterocycles. The highest BCUT2D eigenvalue weighted by Gasteiger charge is 2.03. The van der Waals surface area contributed by atoms with Crippen LogP contribution < -0.4 is 10.6 Å². The van der Waals surface area contributed by atoms with Crippen molar-refractivity contribution in [1.29, 1.82) is 0 Å². The van der Waals surface area contributed by atoms with Crippen LogP contribution in [0.3, 0.4) is 0 Å². The Morgan fingerprint density at radius 3 is 2.72 bits per heavy atom. The lowest BCUT2D eigenvalue weighted by Gasteiger charge is -2.07. The van der Waals surface area contributed by atoms with Crippen LogP contribution in [0.1, 0.15) is 18.4 Å². The lowest BCUT2D eigenvalue weighted by molar-refractivity contribution is -0.121. The zero-order valence-corrected chi connectivity index (χ0v) is 11.9. The quantitative estimate of drug-likeness (QED) is 0.758. The molecule has 2 N–H and O–H groups in total. The minimum atomic E-state index is 0.0790. The van der Waals surface area contributed by atoms with Gasteiger partial charge in [-0.2, -0.15) is 0 Å². The van der Waals surface area contributed by atoms with Gasteiger partial charge in [0.2, 0.25) is 5.91 Å². The summed E-state index contributed by atoms with van der Waals surface area (Å²) >= 11 is 11.9. The lowest BCUT2D eigenvalue weighted by Crippen LogP contribution is -2.26. The Balaban J connectivity index is 2.26. The molecule has 0 radical (unpaired) electrons. The maximum atomic E-state index is 11.5. The molecule has 1 aromatic carbocycles. The predicted molar refractivity (Wildman–Crippen MR) is 76.3 cm³/mol. The third-order valence-electron chi connectivity index (χ3n) is 2.56. The van der Waals surface area contributed by atoms with Crippen LogP contribution in [0.5, 0.6) is 0 Å². The molecule has 5 heteroatoms. The summed E-state index contributed by atoms with van der Waals surface area (Å²) in [7, 11) is 1.88. The minimum Gasteiger partial charge on any atom is -0.356 e. The van der Waals surface area contributed by atoms with E-state index in [4.69, 9.17) is 23.2 Å². The Morgan fingerprint density at radius 1 is 1.28 bits per heavy atom. The minimum absolute atomic E-state index is 0.0790. The summed E-state index contributed by atoms with van der Waals surface area (Å²) in [5, 5.41) is 7.15. The molecule has 0 aliphatic carbocycles. The number of hydrogen-bond donors (Lipinski definition) is 2. The maximum Gasteiger partial charge on any atom is 0.220 e. The van der Waals surface area contributed by atoms with Crippen molar-refractivity contribution in [3.63, 3.8) is 0 Å². The van der Waals surface area contributed by atoms with Crippen molar-refractivity contribution in [2.45, 2.75) is 19.3 Å². The second kappa shape index (κ2) is 8.35. The number of carbonyl (C=O) groups excluding carboxylic acids is 1. The Kier molecular flexibility index (Phi) is 7.09. The Hall–Kier alpha value is -0.770. The average Bonchev–Trinajstić information content (AvgIpc) is 2.32. The van der Waals surface area contributed by atoms with Gasteiger partial charge in [-0.05, 0) is 44.1 Å². The number of hydrogen-bond acceptors (Lipinski definition) is 2. The molecule has 0 saturated heterocycles. The van der Waals surface area contributed by atoms with Crippen molar-refractivity contribution >= 4 is 29.1 Å². The van der Waals surface area contributed by atoms with Crippen molar-refractivity contribution in [2.75, 3.05) is 20.1 Å². The van der Waals surface area contributed by atoms with Gasteiger partial charge in [0.15, 0.2) is 0 Å². The first-order valence-electron chi connectivity index (χ1n) is 5.98. The fourth-order valence-electron chi connectivity index (χ4n) is 1.58. The topological polar surface area (TPSA) is 41.1 Å². The molecule has 0 fully saturated rings. The zero-order valence-electron chi connectivity index (χ0n) is 10.4. The summed E-state index contributed by atoms with van der Waals surface area (Å²) in [6, 6.07) is 5.41. The van der Waals surface area contributed by atoms with E-state index in [0.29, 0.717) is 29.4 Å². The molecule has 0 aliphatic heterocycles. The van der Waals surface area contributed by atoms with Gasteiger partial charge in [0.1, 0.15) is 0 Å². The van der Waals surface area contributed by atoms with E-state index in [2.05, 4.69) is 10.6 Å². The van der Waals surface area contributed by atoms with E-state index < -0.39 is 0 Å². The van der Waals surface area contributed by atoms with Gasteiger partial charge < -0.3 is 10.6 Å². The fourth-order valence-corrected chi connectivity index (χ4v) is 2.08. The van der Waals surface area contributed by atoms with Crippen molar-refractivity contribution in [3.8, 4) is 0 Å². The van der Waals surface area contributed by atoms with Gasteiger partial charge >= 0.3 is 0 Å². The molecule has 3 nitrogen and oxygen atoms in total. The number of halogens is 2. The van der Waals surface area contributed by atoms with Gasteiger partial charge in [0, 0.05) is 23.0 Å². The molecule has 0 unspecified atom stereocenters. The fraction of sp³-hybridized carbons (Fsp3) is 0.462. The van der Waals surface area contributed by atoms with E-state index in [1.165, 1.54) is 0 Å². The third kappa shape index (κ3) is 5.71. The molecule has 0 spiro atoms. The molecule has 1 rings (SSSR count). The molecule has 0 aromatic heterocycles. The standard InChI is InChI=1S/C13H18Cl2N2O/c1-16-7-2-3-13(18)17-8-6-10-4-5-11(14)9-12(10)15/h4-5,9,16H,2-3,6-8H2,1H3,(H,17,18). The van der Waals surface area contributed by atoms with Crippen molar-refractivity contribution in [2.24, 2.45) is 0 Å². The van der Waals surface area contributed by atoms with E-state index in [1.54, 1.807) is 12.1 Å². The monoisotopic (exact) mass is 288 g/mol. The summed E-state index contributed by atoms with van der Waals surface area (Å²) in [6.45, 7) is 1.45. The van der Waals surface area contributed by atoms with Gasteiger partial charge in [0.05, 0.1) is 0 Å². The first kappa shape index (κ1) is 15.3. The molecule has 100 valence electrons. The smallest absolute Gasteiger partial charge is 0.220 e. The van der Waals surface area contributed by atoms with Crippen LogP contribution in [0.2, 0.25) is 10.0 Å². The Labute approximate surface area is 118 Å². The third-order valence-corrected chi connectivity index (χ3v) is 3.15. The van der Waals surface area contributed by atoms with Gasteiger partial charge in [-0.3, -0.25) is 4.79 Å². The Morgan fingerprint density at radius 2 is 2.06 bits per heavy atom. The summed E-state index contributed by atoms with van der Waals surface area (Å²) in [5.41, 5.74) is 0.997. The number of carbonyl (C=O) groups is 1. The molecule has 0 atom stereocenters. The van der Waals surface area contributed by atoms with Gasteiger partial charge in [-0.25, -0.2) is 0 Å². The second-order valence-electron chi connectivity index (χ2n) is 4.04. The first-order valence-corrected chi connectivity index (χ1v) is 6.74. The highest BCUT2D eigenvalue weighted by atomic mass is 35.5. The van der Waals surface area contributed by atoms with Crippen LogP contribution >= 0.6 is 23.2 Å². The van der Waals surface area contributed by atoms with E-state index in [-0.39, 0.29) is 5.91 Å². The largest absolute Gasteiger partial charge is 0.356 e. The van der Waals surface area contributed by atoms with Crippen LogP contribution in [0.25, 0.3) is 0 Å². The van der Waals surface area contributed by atoms with Crippen LogP contribution in [0.4, 0.5) is 0 Å². The van der Waals surface area contributed by atoms with Crippen molar-refractivity contribution in [3.05, 3.63) is 33.8 Å². The van der Waals surface area contributed by atoms with Crippen LogP contribution in [-0.4, -0.2) is 26.0 Å². The number of benzene rings is 1. The lowest BCUT2D eigenvalue weighted by atomic mass is 10.1. The Bertz CT molecular complexity index is 397. The highest BCUT2D eigenvalue weighted by Crippen LogP contribution is 2.20. The van der Waals surface area contributed by atoms with E-state index >= 15 is 0 Å². The normalized spacial score (nSPS) is 10.4. The predicted octanol–water partition coefficient (Wildman–Crippen LogP) is 2.65. The van der Waals surface area contributed by atoms with Crippen LogP contribution in [-0.2, 0) is 11.2 Å². The zero-order chi connectivity index (χ0) is 13.4. The highest BCUT2D eigenvalue weighted by molar-refractivity contribution is 6.35. The molecule has 0 bridgehead atoms. The summed E-state index contributed by atoms with van der Waals surface area (Å²) in [6.07, 6.45) is 2.12. The molecular formula is C13H18Cl2N2O. The van der Waals surface area contributed by atoms with Crippen LogP contribution in [0, 0.1) is 0 Å². The maximum absolute atomic E-state index is 11.5. The van der Waals surface area contributed by atoms with Crippen molar-refractivity contribution in [1.82, 2.24) is 10.6 Å².